The van der Waals surface area contributed by atoms with Crippen LogP contribution in [0.4, 0.5) is 0 Å². The third-order valence-corrected chi connectivity index (χ3v) is 6.37. The molecule has 7 nitrogen and oxygen atoms in total. The van der Waals surface area contributed by atoms with Crippen molar-refractivity contribution >= 4 is 29.1 Å². The van der Waals surface area contributed by atoms with Crippen molar-refractivity contribution in [3.05, 3.63) is 70.3 Å². The molecule has 8 heteroatoms. The molecule has 1 atom stereocenters. The van der Waals surface area contributed by atoms with Crippen LogP contribution >= 0.6 is 11.6 Å². The van der Waals surface area contributed by atoms with Crippen LogP contribution in [0.3, 0.4) is 0 Å². The second kappa shape index (κ2) is 11.0. The summed E-state index contributed by atoms with van der Waals surface area (Å²) in [6.45, 7) is 6.70. The first kappa shape index (κ1) is 24.3. The van der Waals surface area contributed by atoms with Crippen molar-refractivity contribution in [2.45, 2.75) is 19.4 Å². The molecule has 0 bridgehead atoms. The Morgan fingerprint density at radius 2 is 1.85 bits per heavy atom. The molecule has 0 aromatic heterocycles. The average molecular weight is 485 g/mol. The Kier molecular flexibility index (Phi) is 7.88. The maximum absolute atomic E-state index is 13.2. The van der Waals surface area contributed by atoms with Gasteiger partial charge in [0.1, 0.15) is 11.5 Å². The normalized spacial score (nSPS) is 20.6. The van der Waals surface area contributed by atoms with E-state index in [4.69, 9.17) is 21.1 Å². The van der Waals surface area contributed by atoms with Crippen LogP contribution < -0.4 is 4.74 Å². The van der Waals surface area contributed by atoms with Crippen molar-refractivity contribution in [3.63, 3.8) is 0 Å². The van der Waals surface area contributed by atoms with Crippen molar-refractivity contribution in [1.82, 2.24) is 9.80 Å². The van der Waals surface area contributed by atoms with E-state index in [0.29, 0.717) is 54.7 Å². The van der Waals surface area contributed by atoms with E-state index in [1.54, 1.807) is 29.2 Å². The Morgan fingerprint density at radius 1 is 1.12 bits per heavy atom. The number of aliphatic hydroxyl groups excluding tert-OH is 1. The van der Waals surface area contributed by atoms with Crippen LogP contribution in [0.25, 0.3) is 5.76 Å². The summed E-state index contributed by atoms with van der Waals surface area (Å²) in [6.07, 6.45) is 0.704. The van der Waals surface area contributed by atoms with E-state index >= 15 is 0 Å². The first-order valence-electron chi connectivity index (χ1n) is 11.6. The summed E-state index contributed by atoms with van der Waals surface area (Å²) in [5, 5.41) is 11.6. The van der Waals surface area contributed by atoms with Crippen LogP contribution in [0.15, 0.2) is 54.1 Å². The smallest absolute Gasteiger partial charge is 0.295 e. The number of likely N-dealkylation sites (tertiary alicyclic amines) is 1. The lowest BCUT2D eigenvalue weighted by Gasteiger charge is -2.29. The lowest BCUT2D eigenvalue weighted by atomic mass is 9.95. The van der Waals surface area contributed by atoms with Crippen molar-refractivity contribution in [3.8, 4) is 5.75 Å². The molecule has 4 rings (SSSR count). The van der Waals surface area contributed by atoms with E-state index in [2.05, 4.69) is 4.90 Å². The molecular weight excluding hydrogens is 456 g/mol. The molecule has 34 heavy (non-hydrogen) atoms. The van der Waals surface area contributed by atoms with Gasteiger partial charge in [-0.2, -0.15) is 0 Å². The van der Waals surface area contributed by atoms with Gasteiger partial charge in [0.05, 0.1) is 31.4 Å². The number of ketones is 1. The predicted octanol–water partition coefficient (Wildman–Crippen LogP) is 3.88. The number of aliphatic hydroxyl groups is 1. The number of carbonyl (C=O) groups excluding carboxylic acids is 2. The van der Waals surface area contributed by atoms with Crippen molar-refractivity contribution in [2.24, 2.45) is 0 Å². The molecule has 2 aliphatic rings. The minimum atomic E-state index is -0.708. The largest absolute Gasteiger partial charge is 0.507 e. The summed E-state index contributed by atoms with van der Waals surface area (Å²) in [7, 11) is 0. The molecule has 180 valence electrons. The molecule has 1 unspecified atom stereocenters. The zero-order valence-corrected chi connectivity index (χ0v) is 20.0. The van der Waals surface area contributed by atoms with Crippen molar-refractivity contribution < 1.29 is 24.2 Å². The van der Waals surface area contributed by atoms with Gasteiger partial charge in [0.2, 0.25) is 0 Å². The number of rotatable bonds is 8. The Morgan fingerprint density at radius 3 is 2.56 bits per heavy atom. The molecule has 1 amide bonds. The van der Waals surface area contributed by atoms with Gasteiger partial charge in [-0.05, 0) is 55.3 Å². The standard InChI is InChI=1S/C26H29ClN2O5/c1-2-34-21-6-3-5-19(17-21)23-22(24(30)18-7-9-20(27)10-8-18)25(31)26(32)29(23)12-4-11-28-13-15-33-16-14-28/h3,5-10,17,23,30H,2,4,11-16H2,1H3/b24-22+. The number of amides is 1. The van der Waals surface area contributed by atoms with Crippen LogP contribution in [0, 0.1) is 0 Å². The molecule has 0 radical (unpaired) electrons. The van der Waals surface area contributed by atoms with E-state index in [9.17, 15) is 14.7 Å². The SMILES string of the molecule is CCOc1cccc(C2/C(=C(\O)c3ccc(Cl)cc3)C(=O)C(=O)N2CCCN2CCOCC2)c1. The molecule has 2 aromatic rings. The minimum Gasteiger partial charge on any atom is -0.507 e. The average Bonchev–Trinajstić information content (AvgIpc) is 3.10. The van der Waals surface area contributed by atoms with E-state index < -0.39 is 17.7 Å². The lowest BCUT2D eigenvalue weighted by Crippen LogP contribution is -2.38. The number of Topliss-reactive ketones (excluding diaryl/α,β-unsaturated/α-hetero) is 1. The first-order chi connectivity index (χ1) is 16.5. The summed E-state index contributed by atoms with van der Waals surface area (Å²) in [5.41, 5.74) is 1.22. The molecule has 0 saturated carbocycles. The third kappa shape index (κ3) is 5.27. The number of nitrogens with zero attached hydrogens (tertiary/aromatic N) is 2. The molecule has 2 aromatic carbocycles. The quantitative estimate of drug-likeness (QED) is 0.348. The van der Waals surface area contributed by atoms with Crippen LogP contribution in [-0.4, -0.2) is 72.6 Å². The summed E-state index contributed by atoms with van der Waals surface area (Å²) in [6, 6.07) is 13.2. The highest BCUT2D eigenvalue weighted by molar-refractivity contribution is 6.46. The summed E-state index contributed by atoms with van der Waals surface area (Å²) >= 11 is 5.99. The van der Waals surface area contributed by atoms with E-state index in [1.807, 2.05) is 31.2 Å². The van der Waals surface area contributed by atoms with Crippen molar-refractivity contribution in [2.75, 3.05) is 46.0 Å². The van der Waals surface area contributed by atoms with E-state index in [0.717, 1.165) is 19.6 Å². The summed E-state index contributed by atoms with van der Waals surface area (Å²) < 4.78 is 11.1. The molecule has 2 heterocycles. The topological polar surface area (TPSA) is 79.3 Å². The van der Waals surface area contributed by atoms with Gasteiger partial charge in [0, 0.05) is 36.8 Å². The van der Waals surface area contributed by atoms with Gasteiger partial charge in [-0.1, -0.05) is 23.7 Å². The second-order valence-corrected chi connectivity index (χ2v) is 8.75. The number of hydrogen-bond donors (Lipinski definition) is 1. The van der Waals surface area contributed by atoms with Gasteiger partial charge in [0.15, 0.2) is 0 Å². The van der Waals surface area contributed by atoms with Crippen LogP contribution in [-0.2, 0) is 14.3 Å². The molecule has 2 fully saturated rings. The van der Waals surface area contributed by atoms with Gasteiger partial charge < -0.3 is 19.5 Å². The van der Waals surface area contributed by atoms with Crippen LogP contribution in [0.1, 0.15) is 30.5 Å². The summed E-state index contributed by atoms with van der Waals surface area (Å²) in [5.74, 6) is -0.863. The molecule has 1 N–H and O–H groups in total. The molecule has 0 spiro atoms. The Balaban J connectivity index is 1.68. The fourth-order valence-corrected chi connectivity index (χ4v) is 4.58. The molecule has 2 aliphatic heterocycles. The Bertz CT molecular complexity index is 1060. The number of hydrogen-bond acceptors (Lipinski definition) is 6. The fraction of sp³-hybridized carbons (Fsp3) is 0.385. The van der Waals surface area contributed by atoms with E-state index in [-0.39, 0.29) is 11.3 Å². The zero-order chi connectivity index (χ0) is 24.1. The summed E-state index contributed by atoms with van der Waals surface area (Å²) in [4.78, 5) is 30.1. The second-order valence-electron chi connectivity index (χ2n) is 8.31. The number of carbonyl (C=O) groups is 2. The van der Waals surface area contributed by atoms with Gasteiger partial charge in [-0.3, -0.25) is 14.5 Å². The number of halogens is 1. The van der Waals surface area contributed by atoms with Crippen LogP contribution in [0.5, 0.6) is 5.75 Å². The molecule has 0 aliphatic carbocycles. The van der Waals surface area contributed by atoms with Gasteiger partial charge in [0.25, 0.3) is 11.7 Å². The molecular formula is C26H29ClN2O5. The van der Waals surface area contributed by atoms with Gasteiger partial charge in [-0.15, -0.1) is 0 Å². The molecule has 2 saturated heterocycles. The van der Waals surface area contributed by atoms with E-state index in [1.165, 1.54) is 0 Å². The number of ether oxygens (including phenoxy) is 2. The highest BCUT2D eigenvalue weighted by Crippen LogP contribution is 2.40. The third-order valence-electron chi connectivity index (χ3n) is 6.12. The highest BCUT2D eigenvalue weighted by Gasteiger charge is 2.46. The monoisotopic (exact) mass is 484 g/mol. The predicted molar refractivity (Wildman–Crippen MR) is 130 cm³/mol. The van der Waals surface area contributed by atoms with Crippen LogP contribution in [0.2, 0.25) is 5.02 Å². The maximum atomic E-state index is 13.2. The zero-order valence-electron chi connectivity index (χ0n) is 19.2. The first-order valence-corrected chi connectivity index (χ1v) is 11.9. The maximum Gasteiger partial charge on any atom is 0.295 e. The Hall–Kier alpha value is -2.87. The Labute approximate surface area is 204 Å². The van der Waals surface area contributed by atoms with Gasteiger partial charge in [-0.25, -0.2) is 0 Å². The number of morpholine rings is 1. The number of benzene rings is 2. The highest BCUT2D eigenvalue weighted by atomic mass is 35.5. The van der Waals surface area contributed by atoms with Gasteiger partial charge >= 0.3 is 0 Å². The van der Waals surface area contributed by atoms with Crippen molar-refractivity contribution in [1.29, 1.82) is 0 Å². The fourth-order valence-electron chi connectivity index (χ4n) is 4.45. The minimum absolute atomic E-state index is 0.0762. The lowest BCUT2D eigenvalue weighted by molar-refractivity contribution is -0.140.